The molecule has 0 bridgehead atoms. The summed E-state index contributed by atoms with van der Waals surface area (Å²) in [6.07, 6.45) is 3.24. The highest BCUT2D eigenvalue weighted by Gasteiger charge is 2.40. The first-order chi connectivity index (χ1) is 19.6. The quantitative estimate of drug-likeness (QED) is 0.308. The van der Waals surface area contributed by atoms with E-state index in [1.54, 1.807) is 48.9 Å². The lowest BCUT2D eigenvalue weighted by Crippen LogP contribution is -2.44. The third-order valence-electron chi connectivity index (χ3n) is 7.18. The van der Waals surface area contributed by atoms with E-state index < -0.39 is 27.9 Å². The van der Waals surface area contributed by atoms with Crippen molar-refractivity contribution in [1.29, 1.82) is 0 Å². The van der Waals surface area contributed by atoms with Gasteiger partial charge in [0.15, 0.2) is 4.90 Å². The second-order valence-corrected chi connectivity index (χ2v) is 12.3. The van der Waals surface area contributed by atoms with E-state index in [1.165, 1.54) is 16.4 Å². The van der Waals surface area contributed by atoms with E-state index in [1.807, 2.05) is 0 Å². The molecule has 0 saturated heterocycles. The maximum Gasteiger partial charge on any atom is 0.303 e. The van der Waals surface area contributed by atoms with Crippen molar-refractivity contribution in [2.75, 3.05) is 17.5 Å². The Bertz CT molecular complexity index is 1600. The van der Waals surface area contributed by atoms with Crippen molar-refractivity contribution in [3.63, 3.8) is 0 Å². The van der Waals surface area contributed by atoms with Crippen LogP contribution in [-0.2, 0) is 27.8 Å². The third-order valence-corrected chi connectivity index (χ3v) is 9.34. The van der Waals surface area contributed by atoms with Crippen molar-refractivity contribution in [3.8, 4) is 11.6 Å². The normalized spacial score (nSPS) is 17.0. The SMILES string of the molecule is CCOc1nn2c(c1S(=O)(=O)N1CC(CCC(=O)O)Oc3ccc(C=C(C)c4c(F)cccc4Cl)cc31)CCCC2. The lowest BCUT2D eigenvalue weighted by Gasteiger charge is -2.35. The minimum Gasteiger partial charge on any atom is -0.486 e. The predicted octanol–water partition coefficient (Wildman–Crippen LogP) is 5.79. The maximum atomic E-state index is 14.6. The van der Waals surface area contributed by atoms with Gasteiger partial charge in [0.05, 0.1) is 29.6 Å². The number of carboxylic acids is 1. The van der Waals surface area contributed by atoms with Crippen molar-refractivity contribution in [3.05, 3.63) is 64.1 Å². The number of anilines is 1. The molecule has 0 spiro atoms. The number of allylic oxidation sites excluding steroid dienone is 1. The summed E-state index contributed by atoms with van der Waals surface area (Å²) >= 11 is 6.26. The Morgan fingerprint density at radius 3 is 2.83 bits per heavy atom. The molecular weight excluding hydrogens is 573 g/mol. The van der Waals surface area contributed by atoms with Gasteiger partial charge in [-0.25, -0.2) is 12.8 Å². The summed E-state index contributed by atoms with van der Waals surface area (Å²) in [4.78, 5) is 11.3. The number of carbonyl (C=O) groups is 1. The highest BCUT2D eigenvalue weighted by atomic mass is 35.5. The van der Waals surface area contributed by atoms with Gasteiger partial charge in [-0.15, -0.1) is 5.10 Å². The molecule has 1 aromatic heterocycles. The predicted molar refractivity (Wildman–Crippen MR) is 154 cm³/mol. The molecule has 0 saturated carbocycles. The van der Waals surface area contributed by atoms with Crippen molar-refractivity contribution < 1.29 is 32.2 Å². The first-order valence-corrected chi connectivity index (χ1v) is 15.3. The van der Waals surface area contributed by atoms with Gasteiger partial charge in [0, 0.05) is 18.5 Å². The van der Waals surface area contributed by atoms with E-state index in [0.29, 0.717) is 35.5 Å². The molecule has 3 aromatic rings. The molecule has 1 unspecified atom stereocenters. The number of aryl methyl sites for hydroxylation is 1. The lowest BCUT2D eigenvalue weighted by molar-refractivity contribution is -0.137. The van der Waals surface area contributed by atoms with Crippen LogP contribution in [0.5, 0.6) is 11.6 Å². The van der Waals surface area contributed by atoms with Crippen LogP contribution in [0.15, 0.2) is 41.3 Å². The molecular formula is C29H31ClFN3O6S. The number of ether oxygens (including phenoxy) is 2. The fourth-order valence-electron chi connectivity index (χ4n) is 5.32. The first-order valence-electron chi connectivity index (χ1n) is 13.5. The smallest absolute Gasteiger partial charge is 0.303 e. The summed E-state index contributed by atoms with van der Waals surface area (Å²) in [6.45, 7) is 4.24. The van der Waals surface area contributed by atoms with Crippen molar-refractivity contribution in [1.82, 2.24) is 9.78 Å². The molecule has 0 aliphatic carbocycles. The number of aliphatic carboxylic acids is 1. The summed E-state index contributed by atoms with van der Waals surface area (Å²) in [5.74, 6) is -1.11. The molecule has 3 heterocycles. The Morgan fingerprint density at radius 2 is 2.10 bits per heavy atom. The minimum absolute atomic E-state index is 0.0270. The number of nitrogens with zero attached hydrogens (tertiary/aromatic N) is 3. The molecule has 9 nitrogen and oxygen atoms in total. The summed E-state index contributed by atoms with van der Waals surface area (Å²) in [7, 11) is -4.21. The molecule has 1 N–H and O–H groups in total. The van der Waals surface area contributed by atoms with Gasteiger partial charge in [-0.3, -0.25) is 13.8 Å². The molecule has 12 heteroatoms. The van der Waals surface area contributed by atoms with Gasteiger partial charge in [-0.1, -0.05) is 29.8 Å². The largest absolute Gasteiger partial charge is 0.486 e. The molecule has 1 atom stereocenters. The number of hydrogen-bond donors (Lipinski definition) is 1. The van der Waals surface area contributed by atoms with E-state index in [0.717, 1.165) is 12.8 Å². The number of rotatable bonds is 9. The van der Waals surface area contributed by atoms with Gasteiger partial charge >= 0.3 is 5.97 Å². The molecule has 0 amide bonds. The standard InChI is InChI=1S/C29H31ClFN3O6S/c1-3-39-29-28(23-9-4-5-14-33(23)32-29)41(37,38)34-17-20(11-13-26(35)36)40-25-12-10-19(16-24(25)34)15-18(2)27-21(30)7-6-8-22(27)31/h6-8,10,12,15-16,20H,3-5,9,11,13-14,17H2,1-2H3,(H,35,36). The van der Waals surface area contributed by atoms with Crippen LogP contribution in [0.3, 0.4) is 0 Å². The molecule has 0 radical (unpaired) electrons. The molecule has 41 heavy (non-hydrogen) atoms. The Kier molecular flexibility index (Phi) is 8.28. The van der Waals surface area contributed by atoms with Gasteiger partial charge in [-0.2, -0.15) is 0 Å². The molecule has 2 aromatic carbocycles. The fourth-order valence-corrected chi connectivity index (χ4v) is 7.44. The zero-order chi connectivity index (χ0) is 29.3. The summed E-state index contributed by atoms with van der Waals surface area (Å²) < 4.78 is 58.2. The van der Waals surface area contributed by atoms with Crippen LogP contribution < -0.4 is 13.8 Å². The fraction of sp³-hybridized carbons (Fsp3) is 0.379. The van der Waals surface area contributed by atoms with Crippen LogP contribution in [0, 0.1) is 5.82 Å². The van der Waals surface area contributed by atoms with Crippen LogP contribution in [0.2, 0.25) is 5.02 Å². The minimum atomic E-state index is -4.21. The topological polar surface area (TPSA) is 111 Å². The lowest BCUT2D eigenvalue weighted by atomic mass is 10.0. The van der Waals surface area contributed by atoms with Crippen molar-refractivity contribution in [2.24, 2.45) is 0 Å². The second-order valence-electron chi connectivity index (χ2n) is 10.1. The highest BCUT2D eigenvalue weighted by molar-refractivity contribution is 7.93. The van der Waals surface area contributed by atoms with E-state index in [9.17, 15) is 22.7 Å². The monoisotopic (exact) mass is 603 g/mol. The van der Waals surface area contributed by atoms with E-state index >= 15 is 0 Å². The highest BCUT2D eigenvalue weighted by Crippen LogP contribution is 2.42. The summed E-state index contributed by atoms with van der Waals surface area (Å²) in [5, 5.41) is 14.0. The first kappa shape index (κ1) is 28.9. The average Bonchev–Trinajstić information content (AvgIpc) is 3.30. The van der Waals surface area contributed by atoms with Gasteiger partial charge in [0.1, 0.15) is 17.7 Å². The molecule has 0 fully saturated rings. The molecule has 218 valence electrons. The Hall–Kier alpha value is -3.57. The number of hydrogen-bond acceptors (Lipinski definition) is 6. The van der Waals surface area contributed by atoms with Gasteiger partial charge in [0.25, 0.3) is 15.9 Å². The Labute approximate surface area is 243 Å². The van der Waals surface area contributed by atoms with Crippen molar-refractivity contribution >= 4 is 44.9 Å². The number of aromatic nitrogens is 2. The molecule has 2 aliphatic heterocycles. The number of sulfonamides is 1. The molecule has 2 aliphatic rings. The van der Waals surface area contributed by atoms with Crippen LogP contribution in [0.4, 0.5) is 10.1 Å². The van der Waals surface area contributed by atoms with E-state index in [4.69, 9.17) is 21.1 Å². The van der Waals surface area contributed by atoms with Crippen LogP contribution in [0.1, 0.15) is 56.4 Å². The van der Waals surface area contributed by atoms with Crippen LogP contribution >= 0.6 is 11.6 Å². The molecule has 5 rings (SSSR count). The van der Waals surface area contributed by atoms with Gasteiger partial charge in [-0.05, 0) is 74.9 Å². The zero-order valence-corrected chi connectivity index (χ0v) is 24.3. The van der Waals surface area contributed by atoms with Gasteiger partial charge in [0.2, 0.25) is 0 Å². The number of halogens is 2. The van der Waals surface area contributed by atoms with Crippen molar-refractivity contribution in [2.45, 2.75) is 63.5 Å². The Morgan fingerprint density at radius 1 is 1.29 bits per heavy atom. The van der Waals surface area contributed by atoms with Crippen LogP contribution in [0.25, 0.3) is 11.6 Å². The van der Waals surface area contributed by atoms with Gasteiger partial charge < -0.3 is 14.6 Å². The second kappa shape index (κ2) is 11.7. The summed E-state index contributed by atoms with van der Waals surface area (Å²) in [6, 6.07) is 9.49. The van der Waals surface area contributed by atoms with E-state index in [2.05, 4.69) is 5.10 Å². The number of carboxylic acid groups (broad SMARTS) is 1. The average molecular weight is 604 g/mol. The van der Waals surface area contributed by atoms with Crippen LogP contribution in [-0.4, -0.2) is 48.5 Å². The Balaban J connectivity index is 1.61. The van der Waals surface area contributed by atoms with E-state index in [-0.39, 0.29) is 53.0 Å². The number of benzene rings is 2. The maximum absolute atomic E-state index is 14.6. The number of fused-ring (bicyclic) bond motifs is 2. The summed E-state index contributed by atoms with van der Waals surface area (Å²) in [5.41, 5.74) is 2.30. The third kappa shape index (κ3) is 5.78. The zero-order valence-electron chi connectivity index (χ0n) is 22.8.